The zero-order valence-electron chi connectivity index (χ0n) is 11.2. The zero-order chi connectivity index (χ0) is 14.7. The summed E-state index contributed by atoms with van der Waals surface area (Å²) in [5, 5.41) is 2.72. The monoisotopic (exact) mass is 286 g/mol. The number of carbonyl (C=O) groups is 1. The van der Waals surface area contributed by atoms with E-state index in [4.69, 9.17) is 19.9 Å². The third kappa shape index (κ3) is 3.00. The van der Waals surface area contributed by atoms with Crippen molar-refractivity contribution >= 4 is 17.3 Å². The van der Waals surface area contributed by atoms with Crippen molar-refractivity contribution in [1.29, 1.82) is 0 Å². The summed E-state index contributed by atoms with van der Waals surface area (Å²) in [7, 11) is 0. The molecule has 3 N–H and O–H groups in total. The third-order valence-electron chi connectivity index (χ3n) is 2.93. The first-order chi connectivity index (χ1) is 10.2. The van der Waals surface area contributed by atoms with Gasteiger partial charge in [-0.1, -0.05) is 12.1 Å². The molecule has 1 heterocycles. The highest BCUT2D eigenvalue weighted by atomic mass is 16.7. The van der Waals surface area contributed by atoms with E-state index < -0.39 is 0 Å². The van der Waals surface area contributed by atoms with Crippen LogP contribution in [-0.4, -0.2) is 19.3 Å². The maximum absolute atomic E-state index is 11.8. The van der Waals surface area contributed by atoms with Crippen LogP contribution in [0.2, 0.25) is 0 Å². The van der Waals surface area contributed by atoms with Gasteiger partial charge < -0.3 is 25.3 Å². The minimum atomic E-state index is -0.280. The van der Waals surface area contributed by atoms with E-state index in [1.807, 2.05) is 0 Å². The molecular weight excluding hydrogens is 272 g/mol. The lowest BCUT2D eigenvalue weighted by atomic mass is 10.3. The van der Waals surface area contributed by atoms with Crippen LogP contribution in [0.25, 0.3) is 0 Å². The van der Waals surface area contributed by atoms with Crippen LogP contribution in [0, 0.1) is 0 Å². The number of ether oxygens (including phenoxy) is 3. The van der Waals surface area contributed by atoms with Crippen LogP contribution < -0.4 is 25.3 Å². The number of nitrogen functional groups attached to an aromatic ring is 1. The molecular formula is C15H14N2O4. The van der Waals surface area contributed by atoms with Gasteiger partial charge in [-0.3, -0.25) is 4.79 Å². The van der Waals surface area contributed by atoms with Crippen LogP contribution >= 0.6 is 0 Å². The molecule has 0 aromatic heterocycles. The molecule has 0 saturated carbocycles. The fourth-order valence-electron chi connectivity index (χ4n) is 1.93. The summed E-state index contributed by atoms with van der Waals surface area (Å²) < 4.78 is 15.8. The molecule has 2 aromatic carbocycles. The SMILES string of the molecule is Nc1ccccc1OCC(=O)Nc1ccc2c(c1)OCO2. The number of nitrogens with one attached hydrogen (secondary N) is 1. The van der Waals surface area contributed by atoms with Crippen molar-refractivity contribution in [3.63, 3.8) is 0 Å². The highest BCUT2D eigenvalue weighted by Crippen LogP contribution is 2.34. The Morgan fingerprint density at radius 1 is 1.19 bits per heavy atom. The highest BCUT2D eigenvalue weighted by Gasteiger charge is 2.14. The second-order valence-electron chi connectivity index (χ2n) is 4.44. The predicted molar refractivity (Wildman–Crippen MR) is 77.5 cm³/mol. The van der Waals surface area contributed by atoms with Crippen molar-refractivity contribution in [2.75, 3.05) is 24.5 Å². The van der Waals surface area contributed by atoms with Crippen LogP contribution in [-0.2, 0) is 4.79 Å². The van der Waals surface area contributed by atoms with Gasteiger partial charge in [-0.2, -0.15) is 0 Å². The minimum absolute atomic E-state index is 0.122. The van der Waals surface area contributed by atoms with Crippen LogP contribution in [0.4, 0.5) is 11.4 Å². The maximum Gasteiger partial charge on any atom is 0.262 e. The molecule has 0 aliphatic carbocycles. The van der Waals surface area contributed by atoms with Gasteiger partial charge in [-0.15, -0.1) is 0 Å². The van der Waals surface area contributed by atoms with E-state index in [0.29, 0.717) is 28.6 Å². The molecule has 21 heavy (non-hydrogen) atoms. The second-order valence-corrected chi connectivity index (χ2v) is 4.44. The molecule has 0 atom stereocenters. The summed E-state index contributed by atoms with van der Waals surface area (Å²) in [6, 6.07) is 12.2. The molecule has 1 aliphatic heterocycles. The van der Waals surface area contributed by atoms with Crippen LogP contribution in [0.15, 0.2) is 42.5 Å². The van der Waals surface area contributed by atoms with E-state index in [-0.39, 0.29) is 19.3 Å². The van der Waals surface area contributed by atoms with Crippen LogP contribution in [0.5, 0.6) is 17.2 Å². The average Bonchev–Trinajstić information content (AvgIpc) is 2.94. The van der Waals surface area contributed by atoms with Gasteiger partial charge in [0.25, 0.3) is 5.91 Å². The van der Waals surface area contributed by atoms with Crippen molar-refractivity contribution in [1.82, 2.24) is 0 Å². The quantitative estimate of drug-likeness (QED) is 0.840. The molecule has 1 aliphatic rings. The number of hydrogen-bond donors (Lipinski definition) is 2. The zero-order valence-corrected chi connectivity index (χ0v) is 11.2. The molecule has 0 radical (unpaired) electrons. The van der Waals surface area contributed by atoms with E-state index in [2.05, 4.69) is 5.32 Å². The van der Waals surface area contributed by atoms with Gasteiger partial charge in [-0.05, 0) is 24.3 Å². The Balaban J connectivity index is 1.58. The fraction of sp³-hybridized carbons (Fsp3) is 0.133. The molecule has 0 unspecified atom stereocenters. The van der Waals surface area contributed by atoms with E-state index in [9.17, 15) is 4.79 Å². The van der Waals surface area contributed by atoms with E-state index >= 15 is 0 Å². The van der Waals surface area contributed by atoms with E-state index in [0.717, 1.165) is 0 Å². The summed E-state index contributed by atoms with van der Waals surface area (Å²) in [5.41, 5.74) is 6.85. The Hall–Kier alpha value is -2.89. The van der Waals surface area contributed by atoms with Gasteiger partial charge in [0.05, 0.1) is 5.69 Å². The van der Waals surface area contributed by atoms with Crippen molar-refractivity contribution in [3.8, 4) is 17.2 Å². The molecule has 0 spiro atoms. The van der Waals surface area contributed by atoms with Crippen molar-refractivity contribution in [3.05, 3.63) is 42.5 Å². The third-order valence-corrected chi connectivity index (χ3v) is 2.93. The Labute approximate surface area is 121 Å². The number of amides is 1. The lowest BCUT2D eigenvalue weighted by molar-refractivity contribution is -0.118. The lowest BCUT2D eigenvalue weighted by Crippen LogP contribution is -2.20. The molecule has 3 rings (SSSR count). The minimum Gasteiger partial charge on any atom is -0.482 e. The van der Waals surface area contributed by atoms with Crippen molar-refractivity contribution in [2.24, 2.45) is 0 Å². The van der Waals surface area contributed by atoms with Crippen molar-refractivity contribution in [2.45, 2.75) is 0 Å². The summed E-state index contributed by atoms with van der Waals surface area (Å²) in [5.74, 6) is 1.48. The number of fused-ring (bicyclic) bond motifs is 1. The first-order valence-corrected chi connectivity index (χ1v) is 6.39. The fourth-order valence-corrected chi connectivity index (χ4v) is 1.93. The molecule has 108 valence electrons. The van der Waals surface area contributed by atoms with E-state index in [1.54, 1.807) is 42.5 Å². The molecule has 6 heteroatoms. The Bertz CT molecular complexity index is 672. The number of hydrogen-bond acceptors (Lipinski definition) is 5. The molecule has 0 fully saturated rings. The molecule has 6 nitrogen and oxygen atoms in total. The van der Waals surface area contributed by atoms with Gasteiger partial charge in [0.1, 0.15) is 5.75 Å². The first-order valence-electron chi connectivity index (χ1n) is 6.39. The largest absolute Gasteiger partial charge is 0.482 e. The number of anilines is 2. The summed E-state index contributed by atoms with van der Waals surface area (Å²) >= 11 is 0. The Morgan fingerprint density at radius 2 is 2.00 bits per heavy atom. The van der Waals surface area contributed by atoms with Gasteiger partial charge >= 0.3 is 0 Å². The van der Waals surface area contributed by atoms with Crippen molar-refractivity contribution < 1.29 is 19.0 Å². The molecule has 0 saturated heterocycles. The number of para-hydroxylation sites is 2. The van der Waals surface area contributed by atoms with E-state index in [1.165, 1.54) is 0 Å². The average molecular weight is 286 g/mol. The predicted octanol–water partition coefficient (Wildman–Crippen LogP) is 2.01. The van der Waals surface area contributed by atoms with Crippen LogP contribution in [0.1, 0.15) is 0 Å². The number of carbonyl (C=O) groups excluding carboxylic acids is 1. The Kier molecular flexibility index (Phi) is 3.51. The van der Waals surface area contributed by atoms with Gasteiger partial charge in [-0.25, -0.2) is 0 Å². The van der Waals surface area contributed by atoms with Gasteiger partial charge in [0.2, 0.25) is 6.79 Å². The topological polar surface area (TPSA) is 82.8 Å². The summed E-state index contributed by atoms with van der Waals surface area (Å²) in [6.07, 6.45) is 0. The summed E-state index contributed by atoms with van der Waals surface area (Å²) in [4.78, 5) is 11.8. The van der Waals surface area contributed by atoms with Gasteiger partial charge in [0, 0.05) is 11.8 Å². The normalized spacial score (nSPS) is 12.0. The maximum atomic E-state index is 11.8. The smallest absolute Gasteiger partial charge is 0.262 e. The number of benzene rings is 2. The Morgan fingerprint density at radius 3 is 2.86 bits per heavy atom. The number of nitrogens with two attached hydrogens (primary N) is 1. The summed E-state index contributed by atoms with van der Waals surface area (Å²) in [6.45, 7) is 0.0752. The van der Waals surface area contributed by atoms with Gasteiger partial charge in [0.15, 0.2) is 18.1 Å². The standard InChI is InChI=1S/C15H14N2O4/c16-11-3-1-2-4-12(11)19-8-15(18)17-10-5-6-13-14(7-10)21-9-20-13/h1-7H,8-9,16H2,(H,17,18). The molecule has 1 amide bonds. The molecule has 2 aromatic rings. The molecule has 0 bridgehead atoms. The highest BCUT2D eigenvalue weighted by molar-refractivity contribution is 5.92. The first kappa shape index (κ1) is 13.1. The number of rotatable bonds is 4. The second kappa shape index (κ2) is 5.62. The van der Waals surface area contributed by atoms with Crippen LogP contribution in [0.3, 0.4) is 0 Å². The lowest BCUT2D eigenvalue weighted by Gasteiger charge is -2.09.